The first-order valence-electron chi connectivity index (χ1n) is 8.21. The smallest absolute Gasteiger partial charge is 0.306 e. The maximum atomic E-state index is 12.7. The van der Waals surface area contributed by atoms with Crippen LogP contribution >= 0.6 is 0 Å². The molecule has 2 heterocycles. The standard InChI is InChI=1S/C19H18N4O2/c20-8-3-9-21-18(24)17-16(22-19-23(17)10-11-25-19)15-7-6-13-4-1-2-5-14(13)12-15/h1-2,4-7,10-12H,3,8-9,20H2,(H,21,24). The van der Waals surface area contributed by atoms with Crippen LogP contribution in [0.25, 0.3) is 27.9 Å². The second-order valence-corrected chi connectivity index (χ2v) is 5.82. The zero-order valence-corrected chi connectivity index (χ0v) is 13.6. The van der Waals surface area contributed by atoms with E-state index in [0.29, 0.717) is 30.3 Å². The molecule has 4 rings (SSSR count). The number of nitrogens with two attached hydrogens (primary N) is 1. The second kappa shape index (κ2) is 6.41. The molecule has 0 aliphatic heterocycles. The lowest BCUT2D eigenvalue weighted by Gasteiger charge is -2.07. The van der Waals surface area contributed by atoms with Gasteiger partial charge in [-0.1, -0.05) is 36.4 Å². The number of nitrogens with one attached hydrogen (secondary N) is 1. The van der Waals surface area contributed by atoms with E-state index in [1.54, 1.807) is 10.6 Å². The van der Waals surface area contributed by atoms with Crippen LogP contribution in [0.1, 0.15) is 16.9 Å². The van der Waals surface area contributed by atoms with Crippen molar-refractivity contribution in [1.29, 1.82) is 0 Å². The summed E-state index contributed by atoms with van der Waals surface area (Å²) in [6.07, 6.45) is 3.94. The molecule has 0 unspecified atom stereocenters. The lowest BCUT2D eigenvalue weighted by atomic mass is 10.0. The summed E-state index contributed by atoms with van der Waals surface area (Å²) < 4.78 is 7.04. The highest BCUT2D eigenvalue weighted by molar-refractivity contribution is 6.00. The van der Waals surface area contributed by atoms with Gasteiger partial charge in [0.05, 0.1) is 0 Å². The van der Waals surface area contributed by atoms with Gasteiger partial charge in [-0.25, -0.2) is 0 Å². The van der Waals surface area contributed by atoms with Crippen molar-refractivity contribution in [2.24, 2.45) is 5.73 Å². The zero-order chi connectivity index (χ0) is 17.2. The highest BCUT2D eigenvalue weighted by atomic mass is 16.3. The zero-order valence-electron chi connectivity index (χ0n) is 13.6. The van der Waals surface area contributed by atoms with E-state index in [9.17, 15) is 4.79 Å². The van der Waals surface area contributed by atoms with Gasteiger partial charge in [0.2, 0.25) is 0 Å². The highest BCUT2D eigenvalue weighted by Gasteiger charge is 2.22. The number of hydrogen-bond donors (Lipinski definition) is 2. The first-order valence-corrected chi connectivity index (χ1v) is 8.21. The van der Waals surface area contributed by atoms with Crippen LogP contribution in [0.3, 0.4) is 0 Å². The van der Waals surface area contributed by atoms with Crippen molar-refractivity contribution in [3.8, 4) is 11.3 Å². The Balaban J connectivity index is 1.81. The van der Waals surface area contributed by atoms with Gasteiger partial charge in [0.1, 0.15) is 17.7 Å². The first-order chi connectivity index (χ1) is 12.3. The monoisotopic (exact) mass is 334 g/mol. The van der Waals surface area contributed by atoms with Crippen LogP contribution < -0.4 is 11.1 Å². The SMILES string of the molecule is NCCCNC(=O)c1c(-c2ccc3ccccc3c2)nc2occn12. The molecule has 3 N–H and O–H groups in total. The number of rotatable bonds is 5. The molecule has 6 heteroatoms. The molecular formula is C19H18N4O2. The molecule has 0 saturated heterocycles. The van der Waals surface area contributed by atoms with Gasteiger partial charge in [-0.15, -0.1) is 0 Å². The fourth-order valence-electron chi connectivity index (χ4n) is 2.93. The molecular weight excluding hydrogens is 316 g/mol. The van der Waals surface area contributed by atoms with Crippen molar-refractivity contribution in [1.82, 2.24) is 14.7 Å². The van der Waals surface area contributed by atoms with Crippen molar-refractivity contribution in [3.05, 3.63) is 60.6 Å². The third-order valence-corrected chi connectivity index (χ3v) is 4.17. The van der Waals surface area contributed by atoms with Crippen molar-refractivity contribution in [3.63, 3.8) is 0 Å². The summed E-state index contributed by atoms with van der Waals surface area (Å²) >= 11 is 0. The summed E-state index contributed by atoms with van der Waals surface area (Å²) in [7, 11) is 0. The molecule has 2 aromatic carbocycles. The van der Waals surface area contributed by atoms with Gasteiger partial charge < -0.3 is 15.5 Å². The Morgan fingerprint density at radius 1 is 1.20 bits per heavy atom. The summed E-state index contributed by atoms with van der Waals surface area (Å²) in [6, 6.07) is 14.1. The molecule has 4 aromatic rings. The van der Waals surface area contributed by atoms with Crippen LogP contribution in [-0.2, 0) is 0 Å². The Kier molecular flexibility index (Phi) is 3.95. The Bertz CT molecular complexity index is 1050. The Labute approximate surface area is 144 Å². The van der Waals surface area contributed by atoms with E-state index in [-0.39, 0.29) is 5.91 Å². The van der Waals surface area contributed by atoms with E-state index in [4.69, 9.17) is 10.2 Å². The molecule has 0 aliphatic carbocycles. The van der Waals surface area contributed by atoms with Crippen LogP contribution in [0.2, 0.25) is 0 Å². The van der Waals surface area contributed by atoms with E-state index >= 15 is 0 Å². The normalized spacial score (nSPS) is 11.2. The molecule has 126 valence electrons. The lowest BCUT2D eigenvalue weighted by molar-refractivity contribution is 0.0948. The van der Waals surface area contributed by atoms with Gasteiger partial charge in [-0.05, 0) is 29.8 Å². The number of oxazole rings is 1. The van der Waals surface area contributed by atoms with Crippen molar-refractivity contribution < 1.29 is 9.21 Å². The number of amides is 1. The minimum atomic E-state index is -0.189. The fourth-order valence-corrected chi connectivity index (χ4v) is 2.93. The molecule has 2 aromatic heterocycles. The maximum absolute atomic E-state index is 12.7. The molecule has 1 amide bonds. The van der Waals surface area contributed by atoms with Crippen LogP contribution in [0, 0.1) is 0 Å². The van der Waals surface area contributed by atoms with Crippen molar-refractivity contribution >= 4 is 22.5 Å². The van der Waals surface area contributed by atoms with Crippen molar-refractivity contribution in [2.45, 2.75) is 6.42 Å². The Hall–Kier alpha value is -3.12. The third kappa shape index (κ3) is 2.77. The molecule has 0 radical (unpaired) electrons. The molecule has 25 heavy (non-hydrogen) atoms. The highest BCUT2D eigenvalue weighted by Crippen LogP contribution is 2.28. The fraction of sp³-hybridized carbons (Fsp3) is 0.158. The van der Waals surface area contributed by atoms with Crippen LogP contribution in [0.4, 0.5) is 0 Å². The van der Waals surface area contributed by atoms with Crippen LogP contribution in [-0.4, -0.2) is 28.4 Å². The number of carbonyl (C=O) groups excluding carboxylic acids is 1. The molecule has 0 bridgehead atoms. The quantitative estimate of drug-likeness (QED) is 0.550. The van der Waals surface area contributed by atoms with Crippen molar-refractivity contribution in [2.75, 3.05) is 13.1 Å². The topological polar surface area (TPSA) is 85.6 Å². The summed E-state index contributed by atoms with van der Waals surface area (Å²) in [5, 5.41) is 5.13. The summed E-state index contributed by atoms with van der Waals surface area (Å²) in [4.78, 5) is 17.2. The predicted molar refractivity (Wildman–Crippen MR) is 96.4 cm³/mol. The molecule has 0 saturated carbocycles. The molecule has 6 nitrogen and oxygen atoms in total. The average Bonchev–Trinajstić information content (AvgIpc) is 3.22. The van der Waals surface area contributed by atoms with E-state index in [1.165, 1.54) is 6.26 Å². The van der Waals surface area contributed by atoms with Crippen LogP contribution in [0.5, 0.6) is 0 Å². The van der Waals surface area contributed by atoms with Gasteiger partial charge >= 0.3 is 5.84 Å². The number of fused-ring (bicyclic) bond motifs is 2. The largest absolute Gasteiger partial charge is 0.432 e. The number of hydrogen-bond acceptors (Lipinski definition) is 4. The number of imidazole rings is 1. The lowest BCUT2D eigenvalue weighted by Crippen LogP contribution is -2.27. The van der Waals surface area contributed by atoms with E-state index in [0.717, 1.165) is 22.8 Å². The third-order valence-electron chi connectivity index (χ3n) is 4.17. The predicted octanol–water partition coefficient (Wildman–Crippen LogP) is 2.83. The van der Waals surface area contributed by atoms with E-state index in [1.807, 2.05) is 36.4 Å². The van der Waals surface area contributed by atoms with Gasteiger partial charge in [0, 0.05) is 18.3 Å². The molecule has 0 aliphatic rings. The van der Waals surface area contributed by atoms with E-state index in [2.05, 4.69) is 16.4 Å². The molecule has 0 atom stereocenters. The van der Waals surface area contributed by atoms with Crippen LogP contribution in [0.15, 0.2) is 59.3 Å². The minimum absolute atomic E-state index is 0.189. The van der Waals surface area contributed by atoms with Gasteiger partial charge in [-0.2, -0.15) is 4.98 Å². The number of carbonyl (C=O) groups is 1. The minimum Gasteiger partial charge on any atom is -0.432 e. The number of nitrogens with zero attached hydrogens (tertiary/aromatic N) is 2. The number of benzene rings is 2. The number of aromatic nitrogens is 2. The summed E-state index contributed by atoms with van der Waals surface area (Å²) in [5.74, 6) is 0.206. The summed E-state index contributed by atoms with van der Waals surface area (Å²) in [6.45, 7) is 1.06. The van der Waals surface area contributed by atoms with Gasteiger partial charge in [0.15, 0.2) is 0 Å². The second-order valence-electron chi connectivity index (χ2n) is 5.82. The Morgan fingerprint density at radius 3 is 2.88 bits per heavy atom. The Morgan fingerprint density at radius 2 is 2.04 bits per heavy atom. The molecule has 0 fully saturated rings. The maximum Gasteiger partial charge on any atom is 0.306 e. The molecule has 0 spiro atoms. The van der Waals surface area contributed by atoms with E-state index < -0.39 is 0 Å². The van der Waals surface area contributed by atoms with Gasteiger partial charge in [0.25, 0.3) is 5.91 Å². The van der Waals surface area contributed by atoms with Gasteiger partial charge in [-0.3, -0.25) is 9.20 Å². The summed E-state index contributed by atoms with van der Waals surface area (Å²) in [5.41, 5.74) is 7.45. The average molecular weight is 334 g/mol. The first kappa shape index (κ1) is 15.4.